The molecule has 1 aromatic carbocycles. The summed E-state index contributed by atoms with van der Waals surface area (Å²) in [6.45, 7) is 9.63. The fraction of sp³-hybridized carbons (Fsp3) is 0.474. The molecule has 0 aromatic heterocycles. The molecule has 0 bridgehead atoms. The summed E-state index contributed by atoms with van der Waals surface area (Å²) in [7, 11) is -1.48. The summed E-state index contributed by atoms with van der Waals surface area (Å²) in [5.41, 5.74) is 1.43. The summed E-state index contributed by atoms with van der Waals surface area (Å²) >= 11 is 0. The molecule has 2 aliphatic rings. The second kappa shape index (κ2) is 5.70. The molecule has 0 saturated carbocycles. The molecule has 0 N–H and O–H groups in total. The van der Waals surface area contributed by atoms with Gasteiger partial charge in [-0.05, 0) is 53.1 Å². The third kappa shape index (κ3) is 2.86. The maximum atomic E-state index is 12.9. The van der Waals surface area contributed by atoms with Crippen molar-refractivity contribution in [2.45, 2.75) is 50.8 Å². The van der Waals surface area contributed by atoms with Gasteiger partial charge in [0.2, 0.25) is 0 Å². The summed E-state index contributed by atoms with van der Waals surface area (Å²) in [6.07, 6.45) is 7.76. The Kier molecular flexibility index (Phi) is 4.17. The summed E-state index contributed by atoms with van der Waals surface area (Å²) in [5.74, 6) is 0. The van der Waals surface area contributed by atoms with E-state index in [1.165, 1.54) is 12.0 Å². The number of rotatable bonds is 4. The lowest BCUT2D eigenvalue weighted by atomic mass is 9.96. The highest BCUT2D eigenvalue weighted by atomic mass is 31.1. The Balaban J connectivity index is 1.85. The smallest absolute Gasteiger partial charge is 0.0907 e. The Morgan fingerprint density at radius 3 is 2.32 bits per heavy atom. The lowest BCUT2D eigenvalue weighted by molar-refractivity contribution is 0.449. The van der Waals surface area contributed by atoms with Crippen LogP contribution in [0.4, 0.5) is 0 Å². The quantitative estimate of drug-likeness (QED) is 0.638. The highest BCUT2D eigenvalue weighted by Crippen LogP contribution is 2.74. The van der Waals surface area contributed by atoms with Gasteiger partial charge in [0.1, 0.15) is 0 Å². The minimum atomic E-state index is -1.44. The Morgan fingerprint density at radius 2 is 1.73 bits per heavy atom. The van der Waals surface area contributed by atoms with Crippen LogP contribution in [-0.2, 0) is 4.57 Å². The second-order valence-electron chi connectivity index (χ2n) is 7.61. The fourth-order valence-electron chi connectivity index (χ4n) is 4.19. The zero-order valence-corrected chi connectivity index (χ0v) is 15.8. The van der Waals surface area contributed by atoms with Crippen molar-refractivity contribution in [3.05, 3.63) is 53.4 Å². The van der Waals surface area contributed by atoms with E-state index in [4.69, 9.17) is 0 Å². The van der Waals surface area contributed by atoms with Gasteiger partial charge < -0.3 is 0 Å². The molecule has 1 unspecified atom stereocenters. The van der Waals surface area contributed by atoms with Crippen LogP contribution in [0.1, 0.15) is 40.5 Å². The van der Waals surface area contributed by atoms with Gasteiger partial charge in [-0.2, -0.15) is 0 Å². The molecule has 1 aromatic rings. The van der Waals surface area contributed by atoms with Gasteiger partial charge in [-0.15, -0.1) is 0 Å². The molecule has 1 nitrogen and oxygen atoms in total. The molecule has 1 aliphatic carbocycles. The van der Waals surface area contributed by atoms with E-state index in [2.05, 4.69) is 39.8 Å². The molecule has 1 aliphatic heterocycles. The Hall–Kier alpha value is -0.770. The van der Waals surface area contributed by atoms with Crippen LogP contribution in [0.25, 0.3) is 0 Å². The van der Waals surface area contributed by atoms with E-state index in [9.17, 15) is 4.57 Å². The minimum Gasteiger partial charge on any atom is -0.0907 e. The molecule has 3 heteroatoms. The molecule has 1 saturated heterocycles. The molecule has 1 heterocycles. The van der Waals surface area contributed by atoms with Crippen molar-refractivity contribution >= 4 is 21.0 Å². The number of benzene rings is 1. The van der Waals surface area contributed by atoms with Crippen molar-refractivity contribution in [1.29, 1.82) is 0 Å². The van der Waals surface area contributed by atoms with Crippen LogP contribution in [0.15, 0.2) is 53.4 Å². The lowest BCUT2D eigenvalue weighted by Gasteiger charge is -2.58. The lowest BCUT2D eigenvalue weighted by Crippen LogP contribution is -2.46. The standard InChI is InChI=1S/C19H25OP2/c1-18(2)14-19(3,4)21(18)13-15-9-8-12-17(15)22(20)16-10-6-5-7-11-16/h5-8,10-12H,9,13-14H2,1-4H3/q+1. The van der Waals surface area contributed by atoms with Crippen LogP contribution < -0.4 is 5.30 Å². The van der Waals surface area contributed by atoms with Gasteiger partial charge in [0.25, 0.3) is 0 Å². The van der Waals surface area contributed by atoms with Crippen molar-refractivity contribution in [2.75, 3.05) is 6.16 Å². The Morgan fingerprint density at radius 1 is 1.09 bits per heavy atom. The van der Waals surface area contributed by atoms with Gasteiger partial charge >= 0.3 is 7.80 Å². The molecule has 1 fully saturated rings. The zero-order valence-electron chi connectivity index (χ0n) is 14.0. The van der Waals surface area contributed by atoms with Crippen LogP contribution in [0, 0.1) is 0 Å². The van der Waals surface area contributed by atoms with E-state index in [0.29, 0.717) is 10.3 Å². The summed E-state index contributed by atoms with van der Waals surface area (Å²) in [6, 6.07) is 9.90. The summed E-state index contributed by atoms with van der Waals surface area (Å²) in [5, 5.41) is 2.99. The van der Waals surface area contributed by atoms with E-state index in [1.54, 1.807) is 0 Å². The third-order valence-corrected chi connectivity index (χ3v) is 10.5. The van der Waals surface area contributed by atoms with Crippen molar-refractivity contribution in [2.24, 2.45) is 0 Å². The largest absolute Gasteiger partial charge is 0.415 e. The predicted molar refractivity (Wildman–Crippen MR) is 99.0 cm³/mol. The first-order valence-electron chi connectivity index (χ1n) is 8.00. The fourth-order valence-corrected chi connectivity index (χ4v) is 9.81. The van der Waals surface area contributed by atoms with Gasteiger partial charge in [-0.3, -0.25) is 0 Å². The molecule has 22 heavy (non-hydrogen) atoms. The molecule has 0 spiro atoms. The van der Waals surface area contributed by atoms with Crippen LogP contribution >= 0.6 is 15.7 Å². The van der Waals surface area contributed by atoms with Crippen molar-refractivity contribution < 1.29 is 4.57 Å². The van der Waals surface area contributed by atoms with Crippen molar-refractivity contribution in [3.63, 3.8) is 0 Å². The van der Waals surface area contributed by atoms with Gasteiger partial charge in [-0.25, -0.2) is 0 Å². The number of hydrogen-bond donors (Lipinski definition) is 0. The maximum absolute atomic E-state index is 12.9. The predicted octanol–water partition coefficient (Wildman–Crippen LogP) is 5.80. The van der Waals surface area contributed by atoms with E-state index in [-0.39, 0.29) is 7.92 Å². The Bertz CT molecular complexity index is 639. The minimum absolute atomic E-state index is 0.0420. The topological polar surface area (TPSA) is 17.1 Å². The van der Waals surface area contributed by atoms with E-state index in [0.717, 1.165) is 23.2 Å². The first kappa shape index (κ1) is 16.1. The second-order valence-corrected chi connectivity index (χ2v) is 12.8. The van der Waals surface area contributed by atoms with Crippen LogP contribution in [0.2, 0.25) is 0 Å². The third-order valence-electron chi connectivity index (χ3n) is 4.89. The van der Waals surface area contributed by atoms with Crippen LogP contribution in [-0.4, -0.2) is 16.5 Å². The molecule has 116 valence electrons. The van der Waals surface area contributed by atoms with E-state index < -0.39 is 7.80 Å². The summed E-state index contributed by atoms with van der Waals surface area (Å²) < 4.78 is 12.9. The van der Waals surface area contributed by atoms with Crippen molar-refractivity contribution in [3.8, 4) is 0 Å². The van der Waals surface area contributed by atoms with Gasteiger partial charge in [0.05, 0.1) is 0 Å². The van der Waals surface area contributed by atoms with Crippen LogP contribution in [0.3, 0.4) is 0 Å². The van der Waals surface area contributed by atoms with Crippen LogP contribution in [0.5, 0.6) is 0 Å². The maximum Gasteiger partial charge on any atom is 0.415 e. The van der Waals surface area contributed by atoms with Crippen molar-refractivity contribution in [1.82, 2.24) is 0 Å². The molecular formula is C19H25OP2+. The molecule has 0 amide bonds. The molecule has 1 atom stereocenters. The first-order chi connectivity index (χ1) is 10.3. The van der Waals surface area contributed by atoms with Gasteiger partial charge in [0.15, 0.2) is 10.6 Å². The Labute approximate surface area is 136 Å². The first-order valence-corrected chi connectivity index (χ1v) is 10.8. The SMILES string of the molecule is CC1(C)CC(C)(C)P1CC1=C([P+](=O)c2ccccc2)C=CC1. The average molecular weight is 331 g/mol. The summed E-state index contributed by atoms with van der Waals surface area (Å²) in [4.78, 5) is 0. The number of hydrogen-bond acceptors (Lipinski definition) is 1. The van der Waals surface area contributed by atoms with E-state index >= 15 is 0 Å². The monoisotopic (exact) mass is 331 g/mol. The highest BCUT2D eigenvalue weighted by Gasteiger charge is 2.52. The molecular weight excluding hydrogens is 306 g/mol. The number of allylic oxidation sites excluding steroid dienone is 4. The highest BCUT2D eigenvalue weighted by molar-refractivity contribution is 7.63. The van der Waals surface area contributed by atoms with Gasteiger partial charge in [-0.1, -0.05) is 64.5 Å². The van der Waals surface area contributed by atoms with E-state index in [1.807, 2.05) is 30.3 Å². The average Bonchev–Trinajstić information content (AvgIpc) is 2.92. The molecule has 3 rings (SSSR count). The normalized spacial score (nSPS) is 23.5. The molecule has 0 radical (unpaired) electrons. The van der Waals surface area contributed by atoms with Gasteiger partial charge in [0, 0.05) is 0 Å². The zero-order chi connectivity index (χ0) is 16.0.